The summed E-state index contributed by atoms with van der Waals surface area (Å²) in [6.07, 6.45) is 0.546. The maximum absolute atomic E-state index is 12.6. The van der Waals surface area contributed by atoms with Crippen molar-refractivity contribution in [1.82, 2.24) is 31.5 Å². The Morgan fingerprint density at radius 2 is 1.32 bits per heavy atom. The zero-order chi connectivity index (χ0) is 27.8. The highest BCUT2D eigenvalue weighted by Gasteiger charge is 2.20. The van der Waals surface area contributed by atoms with Gasteiger partial charge in [0.15, 0.2) is 0 Å². The van der Waals surface area contributed by atoms with Crippen molar-refractivity contribution in [3.05, 3.63) is 35.4 Å². The summed E-state index contributed by atoms with van der Waals surface area (Å²) >= 11 is 0. The molecule has 0 bridgehead atoms. The third-order valence-electron chi connectivity index (χ3n) is 5.32. The third-order valence-corrected chi connectivity index (χ3v) is 5.32. The van der Waals surface area contributed by atoms with Crippen molar-refractivity contribution in [2.45, 2.75) is 60.2 Å². The van der Waals surface area contributed by atoms with Crippen molar-refractivity contribution in [3.63, 3.8) is 0 Å². The molecule has 11 heteroatoms. The van der Waals surface area contributed by atoms with Crippen LogP contribution >= 0.6 is 0 Å². The van der Waals surface area contributed by atoms with Crippen LogP contribution in [0.4, 0.5) is 0 Å². The van der Waals surface area contributed by atoms with Gasteiger partial charge in [0.1, 0.15) is 6.04 Å². The highest BCUT2D eigenvalue weighted by molar-refractivity contribution is 5.86. The molecule has 206 valence electrons. The van der Waals surface area contributed by atoms with Crippen molar-refractivity contribution in [1.29, 1.82) is 0 Å². The minimum atomic E-state index is -0.584. The quantitative estimate of drug-likeness (QED) is 0.209. The van der Waals surface area contributed by atoms with Gasteiger partial charge in [-0.15, -0.1) is 0 Å². The van der Waals surface area contributed by atoms with Gasteiger partial charge in [-0.2, -0.15) is 0 Å². The Hall–Kier alpha value is -3.47. The van der Waals surface area contributed by atoms with Crippen LogP contribution < -0.4 is 26.6 Å². The number of rotatable bonds is 16. The van der Waals surface area contributed by atoms with Gasteiger partial charge in [0, 0.05) is 60.0 Å². The number of hydrogen-bond donors (Lipinski definition) is 5. The molecule has 1 atom stereocenters. The van der Waals surface area contributed by atoms with Crippen LogP contribution in [0.1, 0.15) is 52.2 Å². The van der Waals surface area contributed by atoms with Gasteiger partial charge < -0.3 is 26.6 Å². The molecule has 0 saturated heterocycles. The first kappa shape index (κ1) is 31.6. The van der Waals surface area contributed by atoms with Crippen LogP contribution in [0.15, 0.2) is 24.3 Å². The first-order chi connectivity index (χ1) is 17.5. The lowest BCUT2D eigenvalue weighted by atomic mass is 10.0. The van der Waals surface area contributed by atoms with Gasteiger partial charge in [0.25, 0.3) is 0 Å². The van der Waals surface area contributed by atoms with Gasteiger partial charge in [0.05, 0.1) is 6.54 Å². The number of carbonyl (C=O) groups is 5. The summed E-state index contributed by atoms with van der Waals surface area (Å²) in [6.45, 7) is 10.7. The molecule has 37 heavy (non-hydrogen) atoms. The molecule has 0 aliphatic heterocycles. The van der Waals surface area contributed by atoms with E-state index < -0.39 is 6.04 Å². The second-order valence-corrected chi connectivity index (χ2v) is 9.44. The van der Waals surface area contributed by atoms with Crippen LogP contribution in [0, 0.1) is 5.92 Å². The monoisotopic (exact) mass is 518 g/mol. The predicted molar refractivity (Wildman–Crippen MR) is 141 cm³/mol. The number of amides is 5. The summed E-state index contributed by atoms with van der Waals surface area (Å²) in [5, 5.41) is 13.9. The Balaban J connectivity index is 2.61. The minimum Gasteiger partial charge on any atom is -0.355 e. The van der Waals surface area contributed by atoms with Crippen LogP contribution in [0.25, 0.3) is 0 Å². The summed E-state index contributed by atoms with van der Waals surface area (Å²) in [5.41, 5.74) is 1.75. The summed E-state index contributed by atoms with van der Waals surface area (Å²) in [5.74, 6) is -0.707. The standard InChI is InChI=1S/C26H42N6O5/c1-18(2)13-24(31-21(5)35)26(37)30-16-23-8-6-7-22(14-23)15-29-25(36)17-32(11-9-27-19(3)33)12-10-28-20(4)34/h6-8,14,18,24H,9-13,15-17H2,1-5H3,(H,27,33)(H,28,34)(H,29,36)(H,30,37)(H,31,35)/t24-/m0/s1. The molecule has 0 aromatic heterocycles. The van der Waals surface area contributed by atoms with Gasteiger partial charge in [-0.05, 0) is 23.5 Å². The van der Waals surface area contributed by atoms with E-state index in [1.165, 1.54) is 20.8 Å². The zero-order valence-electron chi connectivity index (χ0n) is 22.6. The van der Waals surface area contributed by atoms with E-state index in [1.807, 2.05) is 43.0 Å². The second-order valence-electron chi connectivity index (χ2n) is 9.44. The van der Waals surface area contributed by atoms with Crippen molar-refractivity contribution in [3.8, 4) is 0 Å². The molecule has 0 spiro atoms. The molecule has 5 amide bonds. The average molecular weight is 519 g/mol. The molecule has 0 fully saturated rings. The maximum Gasteiger partial charge on any atom is 0.242 e. The van der Waals surface area contributed by atoms with Crippen LogP contribution in [0.3, 0.4) is 0 Å². The zero-order valence-corrected chi connectivity index (χ0v) is 22.6. The van der Waals surface area contributed by atoms with Crippen molar-refractivity contribution < 1.29 is 24.0 Å². The fourth-order valence-electron chi connectivity index (χ4n) is 3.62. The molecule has 1 rings (SSSR count). The molecule has 0 unspecified atom stereocenters. The fraction of sp³-hybridized carbons (Fsp3) is 0.577. The maximum atomic E-state index is 12.6. The minimum absolute atomic E-state index is 0.120. The molecule has 0 heterocycles. The lowest BCUT2D eigenvalue weighted by Crippen LogP contribution is -2.46. The highest BCUT2D eigenvalue weighted by atomic mass is 16.2. The lowest BCUT2D eigenvalue weighted by Gasteiger charge is -2.22. The normalized spacial score (nSPS) is 11.5. The molecule has 0 aliphatic carbocycles. The summed E-state index contributed by atoms with van der Waals surface area (Å²) < 4.78 is 0. The molecule has 11 nitrogen and oxygen atoms in total. The predicted octanol–water partition coefficient (Wildman–Crippen LogP) is 0.0440. The summed E-state index contributed by atoms with van der Waals surface area (Å²) in [7, 11) is 0. The van der Waals surface area contributed by atoms with E-state index in [2.05, 4.69) is 26.6 Å². The highest BCUT2D eigenvalue weighted by Crippen LogP contribution is 2.08. The number of benzene rings is 1. The van der Waals surface area contributed by atoms with Crippen LogP contribution in [-0.4, -0.2) is 73.2 Å². The van der Waals surface area contributed by atoms with E-state index >= 15 is 0 Å². The van der Waals surface area contributed by atoms with E-state index in [1.54, 1.807) is 0 Å². The molecular formula is C26H42N6O5. The largest absolute Gasteiger partial charge is 0.355 e. The van der Waals surface area contributed by atoms with E-state index in [-0.39, 0.29) is 42.0 Å². The van der Waals surface area contributed by atoms with Crippen molar-refractivity contribution >= 4 is 29.5 Å². The molecule has 0 saturated carbocycles. The first-order valence-corrected chi connectivity index (χ1v) is 12.6. The topological polar surface area (TPSA) is 149 Å². The summed E-state index contributed by atoms with van der Waals surface area (Å²) in [6, 6.07) is 6.94. The summed E-state index contributed by atoms with van der Waals surface area (Å²) in [4.78, 5) is 60.7. The number of nitrogens with zero attached hydrogens (tertiary/aromatic N) is 1. The number of hydrogen-bond acceptors (Lipinski definition) is 6. The van der Waals surface area contributed by atoms with E-state index in [0.29, 0.717) is 45.7 Å². The Bertz CT molecular complexity index is 900. The van der Waals surface area contributed by atoms with Crippen LogP contribution in [0.5, 0.6) is 0 Å². The van der Waals surface area contributed by atoms with E-state index in [9.17, 15) is 24.0 Å². The van der Waals surface area contributed by atoms with E-state index in [4.69, 9.17) is 0 Å². The van der Waals surface area contributed by atoms with Gasteiger partial charge in [-0.1, -0.05) is 38.1 Å². The molecule has 5 N–H and O–H groups in total. The van der Waals surface area contributed by atoms with Crippen LogP contribution in [0.2, 0.25) is 0 Å². The number of carbonyl (C=O) groups excluding carboxylic acids is 5. The molecule has 1 aromatic rings. The van der Waals surface area contributed by atoms with Crippen molar-refractivity contribution in [2.24, 2.45) is 5.92 Å². The van der Waals surface area contributed by atoms with Crippen LogP contribution in [-0.2, 0) is 37.1 Å². The van der Waals surface area contributed by atoms with Gasteiger partial charge in [-0.25, -0.2) is 0 Å². The van der Waals surface area contributed by atoms with Gasteiger partial charge in [-0.3, -0.25) is 28.9 Å². The second kappa shape index (κ2) is 17.1. The SMILES string of the molecule is CC(=O)NCCN(CCNC(C)=O)CC(=O)NCc1cccc(CNC(=O)[C@H](CC(C)C)NC(C)=O)c1. The number of nitrogens with one attached hydrogen (secondary N) is 5. The molecule has 0 aliphatic rings. The smallest absolute Gasteiger partial charge is 0.242 e. The first-order valence-electron chi connectivity index (χ1n) is 12.6. The van der Waals surface area contributed by atoms with E-state index in [0.717, 1.165) is 11.1 Å². The Morgan fingerprint density at radius 3 is 1.81 bits per heavy atom. The molecule has 1 aromatic carbocycles. The Labute approximate surface area is 219 Å². The van der Waals surface area contributed by atoms with Gasteiger partial charge in [0.2, 0.25) is 29.5 Å². The lowest BCUT2D eigenvalue weighted by molar-refractivity contribution is -0.128. The fourth-order valence-corrected chi connectivity index (χ4v) is 3.62. The van der Waals surface area contributed by atoms with Gasteiger partial charge >= 0.3 is 0 Å². The van der Waals surface area contributed by atoms with Crippen molar-refractivity contribution in [2.75, 3.05) is 32.7 Å². The third kappa shape index (κ3) is 15.3. The molecule has 0 radical (unpaired) electrons. The Morgan fingerprint density at radius 1 is 0.784 bits per heavy atom. The molecular weight excluding hydrogens is 476 g/mol. The Kier molecular flexibility index (Phi) is 14.6. The average Bonchev–Trinajstić information content (AvgIpc) is 2.80.